The largest absolute Gasteiger partial charge is 0.378 e. The SMILES string of the molecule is CN(C)CCOCCNC(=O)CNCC1CC1. The van der Waals surface area contributed by atoms with E-state index < -0.39 is 0 Å². The van der Waals surface area contributed by atoms with Crippen molar-refractivity contribution in [2.45, 2.75) is 12.8 Å². The van der Waals surface area contributed by atoms with Crippen LogP contribution in [-0.2, 0) is 9.53 Å². The average molecular weight is 243 g/mol. The lowest BCUT2D eigenvalue weighted by Gasteiger charge is -2.10. The van der Waals surface area contributed by atoms with Gasteiger partial charge in [0.05, 0.1) is 19.8 Å². The number of ether oxygens (including phenoxy) is 1. The van der Waals surface area contributed by atoms with Crippen LogP contribution in [0.4, 0.5) is 0 Å². The van der Waals surface area contributed by atoms with Gasteiger partial charge in [0.15, 0.2) is 0 Å². The lowest BCUT2D eigenvalue weighted by molar-refractivity contribution is -0.120. The summed E-state index contributed by atoms with van der Waals surface area (Å²) in [6, 6.07) is 0. The average Bonchev–Trinajstić information content (AvgIpc) is 3.06. The first-order valence-corrected chi connectivity index (χ1v) is 6.38. The van der Waals surface area contributed by atoms with Crippen molar-refractivity contribution in [3.8, 4) is 0 Å². The minimum Gasteiger partial charge on any atom is -0.378 e. The molecular weight excluding hydrogens is 218 g/mol. The highest BCUT2D eigenvalue weighted by molar-refractivity contribution is 5.77. The smallest absolute Gasteiger partial charge is 0.234 e. The fourth-order valence-corrected chi connectivity index (χ4v) is 1.39. The molecule has 1 saturated carbocycles. The summed E-state index contributed by atoms with van der Waals surface area (Å²) >= 11 is 0. The number of likely N-dealkylation sites (N-methyl/N-ethyl adjacent to an activating group) is 1. The molecule has 5 heteroatoms. The number of hydrogen-bond donors (Lipinski definition) is 2. The summed E-state index contributed by atoms with van der Waals surface area (Å²) in [6.07, 6.45) is 2.63. The van der Waals surface area contributed by atoms with Crippen molar-refractivity contribution >= 4 is 5.91 Å². The normalized spacial score (nSPS) is 15.2. The summed E-state index contributed by atoms with van der Waals surface area (Å²) < 4.78 is 5.37. The Morgan fingerprint density at radius 1 is 1.35 bits per heavy atom. The second kappa shape index (κ2) is 8.44. The second-order valence-corrected chi connectivity index (χ2v) is 4.84. The van der Waals surface area contributed by atoms with Gasteiger partial charge in [-0.05, 0) is 39.4 Å². The number of rotatable bonds is 10. The predicted octanol–water partition coefficient (Wildman–Crippen LogP) is -0.320. The van der Waals surface area contributed by atoms with Crippen LogP contribution in [0.15, 0.2) is 0 Å². The number of nitrogens with zero attached hydrogens (tertiary/aromatic N) is 1. The van der Waals surface area contributed by atoms with Crippen LogP contribution in [0.2, 0.25) is 0 Å². The Morgan fingerprint density at radius 3 is 2.76 bits per heavy atom. The number of nitrogens with one attached hydrogen (secondary N) is 2. The summed E-state index contributed by atoms with van der Waals surface area (Å²) in [6.45, 7) is 4.21. The van der Waals surface area contributed by atoms with E-state index >= 15 is 0 Å². The molecule has 0 heterocycles. The van der Waals surface area contributed by atoms with Gasteiger partial charge in [0.1, 0.15) is 0 Å². The number of carbonyl (C=O) groups is 1. The molecule has 0 saturated heterocycles. The molecule has 17 heavy (non-hydrogen) atoms. The molecule has 0 aromatic rings. The van der Waals surface area contributed by atoms with E-state index in [2.05, 4.69) is 15.5 Å². The Kier molecular flexibility index (Phi) is 7.16. The van der Waals surface area contributed by atoms with Gasteiger partial charge in [-0.3, -0.25) is 4.79 Å². The van der Waals surface area contributed by atoms with Crippen LogP contribution < -0.4 is 10.6 Å². The summed E-state index contributed by atoms with van der Waals surface area (Å²) in [5, 5.41) is 5.98. The highest BCUT2D eigenvalue weighted by Crippen LogP contribution is 2.27. The quantitative estimate of drug-likeness (QED) is 0.516. The van der Waals surface area contributed by atoms with E-state index in [-0.39, 0.29) is 5.91 Å². The molecule has 100 valence electrons. The topological polar surface area (TPSA) is 53.6 Å². The molecule has 1 aliphatic rings. The van der Waals surface area contributed by atoms with E-state index in [9.17, 15) is 4.79 Å². The number of hydrogen-bond acceptors (Lipinski definition) is 4. The van der Waals surface area contributed by atoms with Crippen LogP contribution in [0.3, 0.4) is 0 Å². The fourth-order valence-electron chi connectivity index (χ4n) is 1.39. The highest BCUT2D eigenvalue weighted by atomic mass is 16.5. The molecule has 0 radical (unpaired) electrons. The van der Waals surface area contributed by atoms with Crippen LogP contribution in [-0.4, -0.2) is 64.3 Å². The van der Waals surface area contributed by atoms with Crippen molar-refractivity contribution in [1.82, 2.24) is 15.5 Å². The zero-order chi connectivity index (χ0) is 12.5. The van der Waals surface area contributed by atoms with Gasteiger partial charge in [0, 0.05) is 13.1 Å². The third-order valence-corrected chi connectivity index (χ3v) is 2.67. The minimum atomic E-state index is 0.0573. The van der Waals surface area contributed by atoms with Crippen molar-refractivity contribution < 1.29 is 9.53 Å². The molecule has 0 atom stereocenters. The standard InChI is InChI=1S/C12H25N3O2/c1-15(2)6-8-17-7-5-14-12(16)10-13-9-11-3-4-11/h11,13H,3-10H2,1-2H3,(H,14,16). The molecule has 1 rings (SSSR count). The molecular formula is C12H25N3O2. The Balaban J connectivity index is 1.79. The third-order valence-electron chi connectivity index (χ3n) is 2.67. The Labute approximate surface area is 104 Å². The van der Waals surface area contributed by atoms with Gasteiger partial charge >= 0.3 is 0 Å². The molecule has 1 fully saturated rings. The fraction of sp³-hybridized carbons (Fsp3) is 0.917. The van der Waals surface area contributed by atoms with Crippen molar-refractivity contribution in [3.63, 3.8) is 0 Å². The van der Waals surface area contributed by atoms with Crippen LogP contribution in [0, 0.1) is 5.92 Å². The van der Waals surface area contributed by atoms with E-state index in [1.807, 2.05) is 14.1 Å². The van der Waals surface area contributed by atoms with Crippen LogP contribution >= 0.6 is 0 Å². The van der Waals surface area contributed by atoms with E-state index in [1.54, 1.807) is 0 Å². The monoisotopic (exact) mass is 243 g/mol. The molecule has 0 aromatic carbocycles. The Morgan fingerprint density at radius 2 is 2.12 bits per heavy atom. The summed E-state index contributed by atoms with van der Waals surface area (Å²) in [4.78, 5) is 13.4. The first-order chi connectivity index (χ1) is 8.18. The maximum absolute atomic E-state index is 11.3. The zero-order valence-electron chi connectivity index (χ0n) is 11.0. The molecule has 0 aromatic heterocycles. The summed E-state index contributed by atoms with van der Waals surface area (Å²) in [7, 11) is 4.02. The van der Waals surface area contributed by atoms with E-state index in [0.717, 1.165) is 19.0 Å². The first kappa shape index (κ1) is 14.4. The zero-order valence-corrected chi connectivity index (χ0v) is 11.0. The Bertz CT molecular complexity index is 218. The predicted molar refractivity (Wildman–Crippen MR) is 68.0 cm³/mol. The summed E-state index contributed by atoms with van der Waals surface area (Å²) in [5.74, 6) is 0.874. The van der Waals surface area contributed by atoms with Gasteiger partial charge in [-0.1, -0.05) is 0 Å². The van der Waals surface area contributed by atoms with Gasteiger partial charge in [-0.25, -0.2) is 0 Å². The van der Waals surface area contributed by atoms with Gasteiger partial charge in [-0.2, -0.15) is 0 Å². The highest BCUT2D eigenvalue weighted by Gasteiger charge is 2.20. The van der Waals surface area contributed by atoms with Crippen molar-refractivity contribution in [3.05, 3.63) is 0 Å². The maximum atomic E-state index is 11.3. The molecule has 0 aliphatic heterocycles. The first-order valence-electron chi connectivity index (χ1n) is 6.38. The van der Waals surface area contributed by atoms with Crippen LogP contribution in [0.1, 0.15) is 12.8 Å². The van der Waals surface area contributed by atoms with Crippen LogP contribution in [0.5, 0.6) is 0 Å². The second-order valence-electron chi connectivity index (χ2n) is 4.84. The molecule has 0 unspecified atom stereocenters. The molecule has 1 aliphatic carbocycles. The number of amides is 1. The molecule has 1 amide bonds. The van der Waals surface area contributed by atoms with Gasteiger partial charge < -0.3 is 20.3 Å². The van der Waals surface area contributed by atoms with Crippen molar-refractivity contribution in [2.24, 2.45) is 5.92 Å². The van der Waals surface area contributed by atoms with Crippen molar-refractivity contribution in [2.75, 3.05) is 53.5 Å². The third kappa shape index (κ3) is 9.09. The van der Waals surface area contributed by atoms with Gasteiger partial charge in [-0.15, -0.1) is 0 Å². The molecule has 5 nitrogen and oxygen atoms in total. The van der Waals surface area contributed by atoms with Gasteiger partial charge in [0.25, 0.3) is 0 Å². The maximum Gasteiger partial charge on any atom is 0.234 e. The van der Waals surface area contributed by atoms with E-state index in [0.29, 0.717) is 26.3 Å². The molecule has 2 N–H and O–H groups in total. The van der Waals surface area contributed by atoms with Crippen molar-refractivity contribution in [1.29, 1.82) is 0 Å². The minimum absolute atomic E-state index is 0.0573. The van der Waals surface area contributed by atoms with E-state index in [1.165, 1.54) is 12.8 Å². The van der Waals surface area contributed by atoms with Gasteiger partial charge in [0.2, 0.25) is 5.91 Å². The Hall–Kier alpha value is -0.650. The molecule has 0 bridgehead atoms. The van der Waals surface area contributed by atoms with Crippen LogP contribution in [0.25, 0.3) is 0 Å². The van der Waals surface area contributed by atoms with E-state index in [4.69, 9.17) is 4.74 Å². The number of carbonyl (C=O) groups excluding carboxylic acids is 1. The molecule has 0 spiro atoms. The summed E-state index contributed by atoms with van der Waals surface area (Å²) in [5.41, 5.74) is 0. The lowest BCUT2D eigenvalue weighted by Crippen LogP contribution is -2.36. The lowest BCUT2D eigenvalue weighted by atomic mass is 10.4.